The van der Waals surface area contributed by atoms with Crippen molar-refractivity contribution in [3.63, 3.8) is 0 Å². The number of hydrogen-bond donors (Lipinski definition) is 2. The number of nitrogens with zero attached hydrogens (tertiary/aromatic N) is 1. The van der Waals surface area contributed by atoms with Crippen molar-refractivity contribution in [2.24, 2.45) is 5.92 Å². The van der Waals surface area contributed by atoms with Gasteiger partial charge < -0.3 is 10.3 Å². The molecule has 0 saturated carbocycles. The van der Waals surface area contributed by atoms with E-state index in [4.69, 9.17) is 0 Å². The first-order valence-corrected chi connectivity index (χ1v) is 6.63. The van der Waals surface area contributed by atoms with E-state index < -0.39 is 12.7 Å². The van der Waals surface area contributed by atoms with E-state index in [0.29, 0.717) is 25.9 Å². The van der Waals surface area contributed by atoms with Gasteiger partial charge in [0, 0.05) is 31.4 Å². The molecule has 7 heteroatoms. The Morgan fingerprint density at radius 2 is 2.30 bits per heavy atom. The first-order valence-electron chi connectivity index (χ1n) is 6.63. The number of nitrogens with one attached hydrogen (secondary N) is 2. The molecule has 1 amide bonds. The maximum atomic E-state index is 12.2. The molecule has 1 aliphatic heterocycles. The molecule has 0 spiro atoms. The van der Waals surface area contributed by atoms with Crippen LogP contribution in [0, 0.1) is 5.92 Å². The van der Waals surface area contributed by atoms with Crippen LogP contribution in [-0.4, -0.2) is 48.1 Å². The van der Waals surface area contributed by atoms with E-state index in [0.717, 1.165) is 5.69 Å². The maximum Gasteiger partial charge on any atom is 0.401 e. The summed E-state index contributed by atoms with van der Waals surface area (Å²) in [5, 5.41) is 2.78. The standard InChI is InChI=1S/C13H18F3N3O/c14-13(15,16)9-19-7-4-10(8-19)12(20)18-6-3-11-2-1-5-17-11/h1-2,5,10,17H,3-4,6-9H2,(H,18,20). The normalized spacial score (nSPS) is 20.2. The highest BCUT2D eigenvalue weighted by atomic mass is 19.4. The van der Waals surface area contributed by atoms with Gasteiger partial charge in [0.2, 0.25) is 5.91 Å². The van der Waals surface area contributed by atoms with Gasteiger partial charge in [0.25, 0.3) is 0 Å². The first-order chi connectivity index (χ1) is 9.44. The topological polar surface area (TPSA) is 48.1 Å². The molecule has 0 aromatic carbocycles. The first kappa shape index (κ1) is 14.9. The average Bonchev–Trinajstić information content (AvgIpc) is 2.98. The van der Waals surface area contributed by atoms with Crippen LogP contribution < -0.4 is 5.32 Å². The molecule has 2 rings (SSSR count). The van der Waals surface area contributed by atoms with Crippen LogP contribution in [0.3, 0.4) is 0 Å². The Labute approximate surface area is 115 Å². The largest absolute Gasteiger partial charge is 0.401 e. The van der Waals surface area contributed by atoms with Crippen LogP contribution in [0.2, 0.25) is 0 Å². The van der Waals surface area contributed by atoms with E-state index in [1.807, 2.05) is 18.3 Å². The summed E-state index contributed by atoms with van der Waals surface area (Å²) in [6.45, 7) is 0.0798. The molecule has 1 aliphatic rings. The highest BCUT2D eigenvalue weighted by Gasteiger charge is 2.36. The highest BCUT2D eigenvalue weighted by molar-refractivity contribution is 5.79. The summed E-state index contributed by atoms with van der Waals surface area (Å²) < 4.78 is 36.7. The van der Waals surface area contributed by atoms with Gasteiger partial charge in [-0.15, -0.1) is 0 Å². The third-order valence-corrected chi connectivity index (χ3v) is 3.40. The Kier molecular flexibility index (Phi) is 4.69. The fourth-order valence-electron chi connectivity index (χ4n) is 2.43. The van der Waals surface area contributed by atoms with Crippen LogP contribution in [0.1, 0.15) is 12.1 Å². The number of H-pyrrole nitrogens is 1. The quantitative estimate of drug-likeness (QED) is 0.864. The van der Waals surface area contributed by atoms with E-state index in [1.165, 1.54) is 4.90 Å². The van der Waals surface area contributed by atoms with Gasteiger partial charge in [-0.1, -0.05) is 0 Å². The molecule has 1 fully saturated rings. The molecule has 20 heavy (non-hydrogen) atoms. The Morgan fingerprint density at radius 3 is 2.95 bits per heavy atom. The fraction of sp³-hybridized carbons (Fsp3) is 0.615. The van der Waals surface area contributed by atoms with Gasteiger partial charge in [-0.05, 0) is 25.1 Å². The number of aromatic amines is 1. The number of alkyl halides is 3. The molecular weight excluding hydrogens is 271 g/mol. The zero-order valence-electron chi connectivity index (χ0n) is 11.0. The number of halogens is 3. The van der Waals surface area contributed by atoms with Crippen molar-refractivity contribution >= 4 is 5.91 Å². The molecule has 112 valence electrons. The molecule has 1 atom stereocenters. The minimum Gasteiger partial charge on any atom is -0.365 e. The number of amides is 1. The molecule has 1 unspecified atom stereocenters. The second-order valence-corrected chi connectivity index (χ2v) is 5.07. The molecular formula is C13H18F3N3O. The van der Waals surface area contributed by atoms with Crippen LogP contribution in [0.15, 0.2) is 18.3 Å². The van der Waals surface area contributed by atoms with Crippen molar-refractivity contribution < 1.29 is 18.0 Å². The summed E-state index contributed by atoms with van der Waals surface area (Å²) in [7, 11) is 0. The number of rotatable bonds is 5. The Morgan fingerprint density at radius 1 is 1.50 bits per heavy atom. The minimum atomic E-state index is -4.20. The highest BCUT2D eigenvalue weighted by Crippen LogP contribution is 2.22. The lowest BCUT2D eigenvalue weighted by Gasteiger charge is -2.17. The Hall–Kier alpha value is -1.50. The molecule has 0 aliphatic carbocycles. The van der Waals surface area contributed by atoms with Crippen molar-refractivity contribution in [1.29, 1.82) is 0 Å². The van der Waals surface area contributed by atoms with Crippen molar-refractivity contribution in [3.05, 3.63) is 24.0 Å². The van der Waals surface area contributed by atoms with Gasteiger partial charge >= 0.3 is 6.18 Å². The molecule has 2 N–H and O–H groups in total. The predicted molar refractivity (Wildman–Crippen MR) is 68.1 cm³/mol. The van der Waals surface area contributed by atoms with Gasteiger partial charge in [0.15, 0.2) is 0 Å². The second kappa shape index (κ2) is 6.30. The third kappa shape index (κ3) is 4.56. The molecule has 1 saturated heterocycles. The van der Waals surface area contributed by atoms with Gasteiger partial charge in [0.05, 0.1) is 12.5 Å². The van der Waals surface area contributed by atoms with Gasteiger partial charge in [0.1, 0.15) is 0 Å². The van der Waals surface area contributed by atoms with Crippen LogP contribution in [-0.2, 0) is 11.2 Å². The van der Waals surface area contributed by atoms with E-state index >= 15 is 0 Å². The number of aromatic nitrogens is 1. The van der Waals surface area contributed by atoms with E-state index in [2.05, 4.69) is 10.3 Å². The molecule has 4 nitrogen and oxygen atoms in total. The van der Waals surface area contributed by atoms with Crippen molar-refractivity contribution in [2.75, 3.05) is 26.2 Å². The SMILES string of the molecule is O=C(NCCc1ccc[nH]1)C1CCN(CC(F)(F)F)C1. The van der Waals surface area contributed by atoms with Gasteiger partial charge in [-0.25, -0.2) is 0 Å². The predicted octanol–water partition coefficient (Wildman–Crippen LogP) is 1.56. The maximum absolute atomic E-state index is 12.2. The number of hydrogen-bond acceptors (Lipinski definition) is 2. The van der Waals surface area contributed by atoms with Crippen molar-refractivity contribution in [3.8, 4) is 0 Å². The third-order valence-electron chi connectivity index (χ3n) is 3.40. The Bertz CT molecular complexity index is 431. The van der Waals surface area contributed by atoms with Crippen LogP contribution in [0.5, 0.6) is 0 Å². The molecule has 2 heterocycles. The van der Waals surface area contributed by atoms with Gasteiger partial charge in [-0.2, -0.15) is 13.2 Å². The van der Waals surface area contributed by atoms with Crippen LogP contribution >= 0.6 is 0 Å². The summed E-state index contributed by atoms with van der Waals surface area (Å²) in [5.41, 5.74) is 1.02. The fourth-order valence-corrected chi connectivity index (χ4v) is 2.43. The lowest BCUT2D eigenvalue weighted by Crippen LogP contribution is -2.36. The summed E-state index contributed by atoms with van der Waals surface area (Å²) in [5.74, 6) is -0.484. The average molecular weight is 289 g/mol. The Balaban J connectivity index is 1.69. The van der Waals surface area contributed by atoms with Crippen LogP contribution in [0.25, 0.3) is 0 Å². The summed E-state index contributed by atoms with van der Waals surface area (Å²) in [6.07, 6.45) is -1.20. The second-order valence-electron chi connectivity index (χ2n) is 5.07. The summed E-state index contributed by atoms with van der Waals surface area (Å²) in [6, 6.07) is 3.80. The summed E-state index contributed by atoms with van der Waals surface area (Å²) >= 11 is 0. The van der Waals surface area contributed by atoms with E-state index in [9.17, 15) is 18.0 Å². The van der Waals surface area contributed by atoms with Crippen LogP contribution in [0.4, 0.5) is 13.2 Å². The number of likely N-dealkylation sites (tertiary alicyclic amines) is 1. The smallest absolute Gasteiger partial charge is 0.365 e. The summed E-state index contributed by atoms with van der Waals surface area (Å²) in [4.78, 5) is 16.2. The molecule has 0 radical (unpaired) electrons. The van der Waals surface area contributed by atoms with E-state index in [-0.39, 0.29) is 18.4 Å². The van der Waals surface area contributed by atoms with Crippen molar-refractivity contribution in [1.82, 2.24) is 15.2 Å². The molecule has 1 aromatic rings. The lowest BCUT2D eigenvalue weighted by atomic mass is 10.1. The zero-order chi connectivity index (χ0) is 14.6. The zero-order valence-corrected chi connectivity index (χ0v) is 11.0. The van der Waals surface area contributed by atoms with E-state index in [1.54, 1.807) is 0 Å². The lowest BCUT2D eigenvalue weighted by molar-refractivity contribution is -0.144. The monoisotopic (exact) mass is 289 g/mol. The molecule has 0 bridgehead atoms. The van der Waals surface area contributed by atoms with Crippen molar-refractivity contribution in [2.45, 2.75) is 19.0 Å². The number of carbonyl (C=O) groups is 1. The van der Waals surface area contributed by atoms with Gasteiger partial charge in [-0.3, -0.25) is 9.69 Å². The molecule has 1 aromatic heterocycles. The number of carbonyl (C=O) groups excluding carboxylic acids is 1. The minimum absolute atomic E-state index is 0.152.